The molecule has 18 heavy (non-hydrogen) atoms. The molecule has 2 aliphatic heterocycles. The molecular formula is C12H17NO5. The Morgan fingerprint density at radius 2 is 1.33 bits per heavy atom. The molecule has 2 heterocycles. The second-order valence-corrected chi connectivity index (χ2v) is 4.74. The highest BCUT2D eigenvalue weighted by Crippen LogP contribution is 2.46. The van der Waals surface area contributed by atoms with Crippen LogP contribution in [0, 0.1) is 11.8 Å². The Bertz CT molecular complexity index is 364. The van der Waals surface area contributed by atoms with Crippen molar-refractivity contribution in [3.05, 3.63) is 0 Å². The summed E-state index contributed by atoms with van der Waals surface area (Å²) in [4.78, 5) is 37.0. The van der Waals surface area contributed by atoms with E-state index in [4.69, 9.17) is 9.47 Å². The summed E-state index contributed by atoms with van der Waals surface area (Å²) in [5.41, 5.74) is 0. The molecule has 2 bridgehead atoms. The first-order valence-electron chi connectivity index (χ1n) is 5.97. The molecule has 2 aliphatic rings. The largest absolute Gasteiger partial charge is 0.469 e. The lowest BCUT2D eigenvalue weighted by atomic mass is 9.79. The van der Waals surface area contributed by atoms with E-state index in [2.05, 4.69) is 0 Å². The Morgan fingerprint density at radius 3 is 1.61 bits per heavy atom. The Hall–Kier alpha value is -1.59. The van der Waals surface area contributed by atoms with E-state index < -0.39 is 23.8 Å². The van der Waals surface area contributed by atoms with Crippen molar-refractivity contribution in [1.82, 2.24) is 4.90 Å². The molecule has 100 valence electrons. The zero-order valence-electron chi connectivity index (χ0n) is 10.7. The summed E-state index contributed by atoms with van der Waals surface area (Å²) >= 11 is 0. The molecule has 0 aromatic rings. The predicted molar refractivity (Wildman–Crippen MR) is 60.3 cm³/mol. The van der Waals surface area contributed by atoms with Crippen LogP contribution in [0.4, 0.5) is 0 Å². The summed E-state index contributed by atoms with van der Waals surface area (Å²) in [5.74, 6) is -2.18. The maximum atomic E-state index is 11.8. The van der Waals surface area contributed by atoms with Gasteiger partial charge in [0.05, 0.1) is 26.1 Å². The van der Waals surface area contributed by atoms with E-state index in [1.165, 1.54) is 21.1 Å². The number of methoxy groups -OCH3 is 2. The number of esters is 2. The fourth-order valence-electron chi connectivity index (χ4n) is 3.40. The number of hydrogen-bond donors (Lipinski definition) is 0. The number of nitrogens with zero attached hydrogens (tertiary/aromatic N) is 1. The summed E-state index contributed by atoms with van der Waals surface area (Å²) in [7, 11) is 2.58. The van der Waals surface area contributed by atoms with E-state index in [1.807, 2.05) is 0 Å². The van der Waals surface area contributed by atoms with E-state index in [0.717, 1.165) is 12.8 Å². The van der Waals surface area contributed by atoms with E-state index >= 15 is 0 Å². The van der Waals surface area contributed by atoms with Crippen LogP contribution in [-0.4, -0.2) is 49.0 Å². The van der Waals surface area contributed by atoms with E-state index in [1.54, 1.807) is 4.90 Å². The summed E-state index contributed by atoms with van der Waals surface area (Å²) in [6.07, 6.45) is 1.47. The van der Waals surface area contributed by atoms with Crippen molar-refractivity contribution >= 4 is 17.8 Å². The summed E-state index contributed by atoms with van der Waals surface area (Å²) in [5, 5.41) is 0. The number of carbonyl (C=O) groups is 3. The van der Waals surface area contributed by atoms with Crippen molar-refractivity contribution in [3.63, 3.8) is 0 Å². The maximum absolute atomic E-state index is 11.8. The fourth-order valence-corrected chi connectivity index (χ4v) is 3.40. The number of rotatable bonds is 2. The van der Waals surface area contributed by atoms with Crippen LogP contribution in [0.5, 0.6) is 0 Å². The van der Waals surface area contributed by atoms with Crippen molar-refractivity contribution in [1.29, 1.82) is 0 Å². The van der Waals surface area contributed by atoms with Crippen molar-refractivity contribution in [2.75, 3.05) is 14.2 Å². The lowest BCUT2D eigenvalue weighted by Gasteiger charge is -2.24. The summed E-state index contributed by atoms with van der Waals surface area (Å²) in [6.45, 7) is 1.46. The van der Waals surface area contributed by atoms with Crippen LogP contribution in [0.3, 0.4) is 0 Å². The van der Waals surface area contributed by atoms with Gasteiger partial charge in [-0.2, -0.15) is 0 Å². The van der Waals surface area contributed by atoms with Crippen LogP contribution in [0.15, 0.2) is 0 Å². The Labute approximate surface area is 105 Å². The fraction of sp³-hybridized carbons (Fsp3) is 0.750. The van der Waals surface area contributed by atoms with Crippen molar-refractivity contribution < 1.29 is 23.9 Å². The third kappa shape index (κ3) is 1.67. The zero-order chi connectivity index (χ0) is 13.4. The highest BCUT2D eigenvalue weighted by Gasteiger charge is 2.60. The quantitative estimate of drug-likeness (QED) is 0.647. The number of fused-ring (bicyclic) bond motifs is 2. The first-order valence-corrected chi connectivity index (χ1v) is 5.97. The molecule has 6 heteroatoms. The molecule has 2 rings (SSSR count). The summed E-state index contributed by atoms with van der Waals surface area (Å²) < 4.78 is 9.51. The zero-order valence-corrected chi connectivity index (χ0v) is 10.7. The minimum atomic E-state index is -0.593. The average molecular weight is 255 g/mol. The van der Waals surface area contributed by atoms with E-state index in [9.17, 15) is 14.4 Å². The number of ether oxygens (including phenoxy) is 2. The Morgan fingerprint density at radius 1 is 0.944 bits per heavy atom. The first-order chi connectivity index (χ1) is 8.52. The predicted octanol–water partition coefficient (Wildman–Crippen LogP) is -0.0421. The van der Waals surface area contributed by atoms with Gasteiger partial charge in [-0.3, -0.25) is 14.4 Å². The average Bonchev–Trinajstić information content (AvgIpc) is 2.91. The highest BCUT2D eigenvalue weighted by molar-refractivity contribution is 5.87. The van der Waals surface area contributed by atoms with Gasteiger partial charge < -0.3 is 14.4 Å². The summed E-state index contributed by atoms with van der Waals surface area (Å²) in [6, 6.07) is -0.465. The molecule has 0 N–H and O–H groups in total. The van der Waals surface area contributed by atoms with Crippen LogP contribution >= 0.6 is 0 Å². The molecular weight excluding hydrogens is 238 g/mol. The van der Waals surface area contributed by atoms with E-state index in [-0.39, 0.29) is 18.0 Å². The minimum absolute atomic E-state index is 0.109. The van der Waals surface area contributed by atoms with Gasteiger partial charge in [-0.05, 0) is 12.8 Å². The molecule has 0 saturated carbocycles. The van der Waals surface area contributed by atoms with Gasteiger partial charge in [0, 0.05) is 19.0 Å². The minimum Gasteiger partial charge on any atom is -0.469 e. The van der Waals surface area contributed by atoms with Crippen LogP contribution in [-0.2, 0) is 23.9 Å². The normalized spacial score (nSPS) is 33.4. The Kier molecular flexibility index (Phi) is 3.28. The molecule has 0 radical (unpaired) electrons. The van der Waals surface area contributed by atoms with Crippen LogP contribution < -0.4 is 0 Å². The number of carbonyl (C=O) groups excluding carboxylic acids is 3. The van der Waals surface area contributed by atoms with Crippen molar-refractivity contribution in [3.8, 4) is 0 Å². The standard InChI is InChI=1S/C12H17NO5/c1-6(14)13-7-4-5-8(13)10(12(16)18-3)9(7)11(15)17-2/h7-10H,4-5H2,1-3H3/t7-,8+,9+,10-. The van der Waals surface area contributed by atoms with Gasteiger partial charge >= 0.3 is 11.9 Å². The number of amides is 1. The van der Waals surface area contributed by atoms with Gasteiger partial charge in [-0.15, -0.1) is 0 Å². The Balaban J connectivity index is 2.35. The molecule has 0 aliphatic carbocycles. The molecule has 0 unspecified atom stereocenters. The topological polar surface area (TPSA) is 72.9 Å². The second kappa shape index (κ2) is 4.59. The molecule has 0 spiro atoms. The van der Waals surface area contributed by atoms with Crippen LogP contribution in [0.2, 0.25) is 0 Å². The van der Waals surface area contributed by atoms with E-state index in [0.29, 0.717) is 0 Å². The number of hydrogen-bond acceptors (Lipinski definition) is 5. The van der Waals surface area contributed by atoms with Crippen molar-refractivity contribution in [2.45, 2.75) is 31.8 Å². The molecule has 0 aromatic heterocycles. The smallest absolute Gasteiger partial charge is 0.311 e. The second-order valence-electron chi connectivity index (χ2n) is 4.74. The van der Waals surface area contributed by atoms with Gasteiger partial charge in [0.1, 0.15) is 0 Å². The van der Waals surface area contributed by atoms with Crippen molar-refractivity contribution in [2.24, 2.45) is 11.8 Å². The first kappa shape index (κ1) is 12.9. The van der Waals surface area contributed by atoms with Gasteiger partial charge in [0.15, 0.2) is 0 Å². The molecule has 6 nitrogen and oxygen atoms in total. The highest BCUT2D eigenvalue weighted by atomic mass is 16.5. The van der Waals surface area contributed by atoms with Gasteiger partial charge in [-0.1, -0.05) is 0 Å². The molecule has 4 atom stereocenters. The maximum Gasteiger partial charge on any atom is 0.311 e. The van der Waals surface area contributed by atoms with Gasteiger partial charge in [-0.25, -0.2) is 0 Å². The van der Waals surface area contributed by atoms with Gasteiger partial charge in [0.2, 0.25) is 5.91 Å². The van der Waals surface area contributed by atoms with Crippen LogP contribution in [0.1, 0.15) is 19.8 Å². The molecule has 2 fully saturated rings. The van der Waals surface area contributed by atoms with Gasteiger partial charge in [0.25, 0.3) is 0 Å². The third-order valence-electron chi connectivity index (χ3n) is 4.00. The lowest BCUT2D eigenvalue weighted by Crippen LogP contribution is -2.39. The lowest BCUT2D eigenvalue weighted by molar-refractivity contribution is -0.157. The monoisotopic (exact) mass is 255 g/mol. The molecule has 1 amide bonds. The molecule has 2 saturated heterocycles. The molecule has 0 aromatic carbocycles. The SMILES string of the molecule is COC(=O)[C@@H]1[C@H](C(=O)OC)[C@@H]2CC[C@H]1N2C(C)=O. The third-order valence-corrected chi connectivity index (χ3v) is 4.00. The van der Waals surface area contributed by atoms with Crippen LogP contribution in [0.25, 0.3) is 0 Å².